The quantitative estimate of drug-likeness (QED) is 0.748. The lowest BCUT2D eigenvalue weighted by Crippen LogP contribution is -2.41. The fourth-order valence-electron chi connectivity index (χ4n) is 6.59. The molecule has 0 aliphatic heterocycles. The van der Waals surface area contributed by atoms with E-state index in [2.05, 4.69) is 38.1 Å². The van der Waals surface area contributed by atoms with Crippen LogP contribution >= 0.6 is 0 Å². The minimum absolute atomic E-state index is 0.0810. The molecular weight excluding hydrogens is 320 g/mol. The van der Waals surface area contributed by atoms with Gasteiger partial charge in [-0.05, 0) is 85.8 Å². The first-order valence-corrected chi connectivity index (χ1v) is 9.96. The lowest BCUT2D eigenvalue weighted by Gasteiger charge is -2.44. The summed E-state index contributed by atoms with van der Waals surface area (Å²) >= 11 is 0. The Balaban J connectivity index is 1.90. The fraction of sp³-hybridized carbons (Fsp3) is 0.500. The van der Waals surface area contributed by atoms with Crippen LogP contribution in [0.2, 0.25) is 0 Å². The highest BCUT2D eigenvalue weighted by Crippen LogP contribution is 2.66. The summed E-state index contributed by atoms with van der Waals surface area (Å²) in [6, 6.07) is 8.86. The summed E-state index contributed by atoms with van der Waals surface area (Å²) in [5.74, 6) is 3.50. The number of aryl methyl sites for hydroxylation is 2. The van der Waals surface area contributed by atoms with Gasteiger partial charge in [-0.15, -0.1) is 0 Å². The van der Waals surface area contributed by atoms with Gasteiger partial charge in [0.25, 0.3) is 0 Å². The summed E-state index contributed by atoms with van der Waals surface area (Å²) in [5.41, 5.74) is 8.97. The lowest BCUT2D eigenvalue weighted by molar-refractivity contribution is 0.170. The summed E-state index contributed by atoms with van der Waals surface area (Å²) in [5, 5.41) is 0. The van der Waals surface area contributed by atoms with Crippen LogP contribution < -0.4 is 9.47 Å². The van der Waals surface area contributed by atoms with Crippen molar-refractivity contribution in [2.45, 2.75) is 51.4 Å². The van der Waals surface area contributed by atoms with Gasteiger partial charge in [0, 0.05) is 16.5 Å². The largest absolute Gasteiger partial charge is 0.496 e. The molecule has 5 rings (SSSR count). The molecular formula is C24H28O2. The number of benzene rings is 2. The molecule has 1 fully saturated rings. The molecule has 1 spiro atoms. The normalized spacial score (nSPS) is 28.2. The van der Waals surface area contributed by atoms with Gasteiger partial charge in [0.2, 0.25) is 0 Å². The Morgan fingerprint density at radius 2 is 1.23 bits per heavy atom. The Morgan fingerprint density at radius 3 is 1.65 bits per heavy atom. The molecule has 2 heteroatoms. The Labute approximate surface area is 156 Å². The van der Waals surface area contributed by atoms with Gasteiger partial charge in [-0.3, -0.25) is 0 Å². The van der Waals surface area contributed by atoms with Crippen LogP contribution in [0.5, 0.6) is 11.5 Å². The van der Waals surface area contributed by atoms with E-state index in [1.807, 2.05) is 14.2 Å². The van der Waals surface area contributed by atoms with Gasteiger partial charge in [-0.1, -0.05) is 18.6 Å². The van der Waals surface area contributed by atoms with Crippen molar-refractivity contribution >= 4 is 0 Å². The second-order valence-electron chi connectivity index (χ2n) is 8.48. The molecule has 0 aromatic heterocycles. The lowest BCUT2D eigenvalue weighted by atomic mass is 9.59. The minimum atomic E-state index is 0.0810. The Kier molecular flexibility index (Phi) is 3.44. The molecule has 2 aromatic carbocycles. The van der Waals surface area contributed by atoms with Crippen molar-refractivity contribution in [3.05, 3.63) is 57.6 Å². The van der Waals surface area contributed by atoms with Crippen LogP contribution in [0.1, 0.15) is 52.6 Å². The summed E-state index contributed by atoms with van der Waals surface area (Å²) in [7, 11) is 3.66. The molecule has 2 atom stereocenters. The maximum absolute atomic E-state index is 5.94. The van der Waals surface area contributed by atoms with Gasteiger partial charge in [0.15, 0.2) is 0 Å². The van der Waals surface area contributed by atoms with E-state index in [1.165, 1.54) is 65.5 Å². The van der Waals surface area contributed by atoms with E-state index in [1.54, 1.807) is 0 Å². The smallest absolute Gasteiger partial charge is 0.123 e. The van der Waals surface area contributed by atoms with Crippen molar-refractivity contribution in [3.8, 4) is 11.5 Å². The number of hydrogen-bond acceptors (Lipinski definition) is 2. The van der Waals surface area contributed by atoms with E-state index in [0.29, 0.717) is 11.8 Å². The van der Waals surface area contributed by atoms with Crippen LogP contribution in [0.3, 0.4) is 0 Å². The minimum Gasteiger partial charge on any atom is -0.496 e. The van der Waals surface area contributed by atoms with Crippen molar-refractivity contribution in [2.75, 3.05) is 14.2 Å². The Bertz CT molecular complexity index is 822. The standard InChI is InChI=1S/C24H28O2/c1-14-8-10-20(25-3)22-18(14)12-16-6-5-7-17-13-19-15(2)9-11-21(26-4)23(19)24(16,17)22/h8-11,16-17H,5-7,12-13H2,1-4H3/t16-,17-,24?/m0/s1. The van der Waals surface area contributed by atoms with E-state index in [-0.39, 0.29) is 5.41 Å². The van der Waals surface area contributed by atoms with Crippen LogP contribution in [0.15, 0.2) is 24.3 Å². The van der Waals surface area contributed by atoms with E-state index >= 15 is 0 Å². The second kappa shape index (κ2) is 5.52. The van der Waals surface area contributed by atoms with Gasteiger partial charge in [0.1, 0.15) is 11.5 Å². The summed E-state index contributed by atoms with van der Waals surface area (Å²) < 4.78 is 11.9. The van der Waals surface area contributed by atoms with Gasteiger partial charge in [-0.25, -0.2) is 0 Å². The highest BCUT2D eigenvalue weighted by Gasteiger charge is 2.60. The zero-order valence-electron chi connectivity index (χ0n) is 16.3. The van der Waals surface area contributed by atoms with E-state index in [4.69, 9.17) is 9.47 Å². The van der Waals surface area contributed by atoms with Crippen molar-refractivity contribution in [1.29, 1.82) is 0 Å². The topological polar surface area (TPSA) is 18.5 Å². The van der Waals surface area contributed by atoms with Gasteiger partial charge < -0.3 is 9.47 Å². The average molecular weight is 348 g/mol. The van der Waals surface area contributed by atoms with Crippen LogP contribution in [0.4, 0.5) is 0 Å². The van der Waals surface area contributed by atoms with Crippen molar-refractivity contribution < 1.29 is 9.47 Å². The monoisotopic (exact) mass is 348 g/mol. The zero-order chi connectivity index (χ0) is 18.1. The first kappa shape index (κ1) is 16.2. The average Bonchev–Trinajstić information content (AvgIpc) is 3.19. The molecule has 0 radical (unpaired) electrons. The highest BCUT2D eigenvalue weighted by atomic mass is 16.5. The molecule has 0 bridgehead atoms. The highest BCUT2D eigenvalue weighted by molar-refractivity contribution is 5.66. The number of methoxy groups -OCH3 is 2. The molecule has 0 amide bonds. The van der Waals surface area contributed by atoms with Crippen LogP contribution in [0.25, 0.3) is 0 Å². The summed E-state index contributed by atoms with van der Waals surface area (Å²) in [4.78, 5) is 0. The number of rotatable bonds is 2. The van der Waals surface area contributed by atoms with Crippen molar-refractivity contribution in [1.82, 2.24) is 0 Å². The second-order valence-corrected chi connectivity index (χ2v) is 8.48. The number of ether oxygens (including phenoxy) is 2. The first-order chi connectivity index (χ1) is 12.6. The molecule has 2 nitrogen and oxygen atoms in total. The van der Waals surface area contributed by atoms with E-state index < -0.39 is 0 Å². The fourth-order valence-corrected chi connectivity index (χ4v) is 6.59. The third kappa shape index (κ3) is 1.78. The zero-order valence-corrected chi connectivity index (χ0v) is 16.3. The summed E-state index contributed by atoms with van der Waals surface area (Å²) in [6.07, 6.45) is 6.34. The number of fused-ring (bicyclic) bond motifs is 2. The molecule has 136 valence electrons. The molecule has 0 heterocycles. The molecule has 0 N–H and O–H groups in total. The molecule has 3 aliphatic carbocycles. The predicted octanol–water partition coefficient (Wildman–Crippen LogP) is 5.14. The maximum atomic E-state index is 5.94. The van der Waals surface area contributed by atoms with Crippen molar-refractivity contribution in [3.63, 3.8) is 0 Å². The van der Waals surface area contributed by atoms with Crippen LogP contribution in [-0.2, 0) is 18.3 Å². The van der Waals surface area contributed by atoms with Crippen LogP contribution in [0, 0.1) is 25.7 Å². The molecule has 3 aliphatic rings. The third-order valence-corrected chi connectivity index (χ3v) is 7.58. The van der Waals surface area contributed by atoms with Crippen molar-refractivity contribution in [2.24, 2.45) is 11.8 Å². The van der Waals surface area contributed by atoms with Gasteiger partial charge >= 0.3 is 0 Å². The predicted molar refractivity (Wildman–Crippen MR) is 104 cm³/mol. The number of hydrogen-bond donors (Lipinski definition) is 0. The van der Waals surface area contributed by atoms with Gasteiger partial charge in [-0.2, -0.15) is 0 Å². The van der Waals surface area contributed by atoms with Gasteiger partial charge in [0.05, 0.1) is 14.2 Å². The SMILES string of the molecule is COc1ccc(C)c2c1C13c4c(OC)ccc(C)c4C[C@@H]1CCC[C@H]3C2. The molecule has 0 saturated heterocycles. The summed E-state index contributed by atoms with van der Waals surface area (Å²) in [6.45, 7) is 4.54. The maximum Gasteiger partial charge on any atom is 0.123 e. The van der Waals surface area contributed by atoms with E-state index in [0.717, 1.165) is 11.5 Å². The van der Waals surface area contributed by atoms with Crippen LogP contribution in [-0.4, -0.2) is 14.2 Å². The molecule has 0 unspecified atom stereocenters. The Hall–Kier alpha value is -1.96. The Morgan fingerprint density at radius 1 is 0.769 bits per heavy atom. The molecule has 26 heavy (non-hydrogen) atoms. The van der Waals surface area contributed by atoms with E-state index in [9.17, 15) is 0 Å². The third-order valence-electron chi connectivity index (χ3n) is 7.58. The molecule has 1 saturated carbocycles. The first-order valence-electron chi connectivity index (χ1n) is 9.96. The molecule has 2 aromatic rings.